The molecule has 0 bridgehead atoms. The third-order valence-corrected chi connectivity index (χ3v) is 5.11. The molecule has 0 atom stereocenters. The van der Waals surface area contributed by atoms with Crippen molar-refractivity contribution in [1.29, 1.82) is 0 Å². The topological polar surface area (TPSA) is 68.3 Å². The molecule has 0 radical (unpaired) electrons. The molecule has 7 nitrogen and oxygen atoms in total. The molecule has 0 unspecified atom stereocenters. The summed E-state index contributed by atoms with van der Waals surface area (Å²) in [5.74, 6) is 1.89. The quantitative estimate of drug-likeness (QED) is 0.699. The average Bonchev–Trinajstić information content (AvgIpc) is 3.04. The van der Waals surface area contributed by atoms with Gasteiger partial charge in [0.25, 0.3) is 5.91 Å². The molecule has 1 fully saturated rings. The van der Waals surface area contributed by atoms with Crippen LogP contribution in [0.15, 0.2) is 48.5 Å². The van der Waals surface area contributed by atoms with Crippen molar-refractivity contribution in [3.05, 3.63) is 54.1 Å². The van der Waals surface area contributed by atoms with E-state index in [0.29, 0.717) is 43.4 Å². The van der Waals surface area contributed by atoms with Gasteiger partial charge in [-0.15, -0.1) is 0 Å². The molecule has 1 aliphatic rings. The third-order valence-electron chi connectivity index (χ3n) is 5.11. The molecule has 0 saturated carbocycles. The van der Waals surface area contributed by atoms with Crippen molar-refractivity contribution in [3.8, 4) is 17.2 Å². The van der Waals surface area contributed by atoms with Gasteiger partial charge in [0.15, 0.2) is 18.1 Å². The minimum absolute atomic E-state index is 0.00357. The van der Waals surface area contributed by atoms with E-state index in [1.54, 1.807) is 25.2 Å². The van der Waals surface area contributed by atoms with Gasteiger partial charge in [-0.05, 0) is 36.2 Å². The average molecular weight is 412 g/mol. The summed E-state index contributed by atoms with van der Waals surface area (Å²) < 4.78 is 16.1. The first kappa shape index (κ1) is 21.5. The number of hydrogen-bond acceptors (Lipinski definition) is 5. The van der Waals surface area contributed by atoms with E-state index in [9.17, 15) is 9.59 Å². The number of benzene rings is 2. The number of nitrogens with zero attached hydrogens (tertiary/aromatic N) is 2. The van der Waals surface area contributed by atoms with Crippen molar-refractivity contribution in [2.24, 2.45) is 0 Å². The van der Waals surface area contributed by atoms with Crippen molar-refractivity contribution >= 4 is 11.8 Å². The zero-order chi connectivity index (χ0) is 21.3. The fourth-order valence-electron chi connectivity index (χ4n) is 3.45. The van der Waals surface area contributed by atoms with Gasteiger partial charge in [0, 0.05) is 26.2 Å². The molecule has 160 valence electrons. The van der Waals surface area contributed by atoms with Gasteiger partial charge in [-0.25, -0.2) is 0 Å². The number of hydrogen-bond donors (Lipinski definition) is 0. The number of carbonyl (C=O) groups excluding carboxylic acids is 2. The number of methoxy groups -OCH3 is 2. The molecule has 1 heterocycles. The van der Waals surface area contributed by atoms with E-state index in [1.165, 1.54) is 0 Å². The first-order valence-corrected chi connectivity index (χ1v) is 10.0. The van der Waals surface area contributed by atoms with Gasteiger partial charge in [0.2, 0.25) is 5.91 Å². The van der Waals surface area contributed by atoms with Crippen molar-refractivity contribution in [3.63, 3.8) is 0 Å². The Morgan fingerprint density at radius 3 is 2.17 bits per heavy atom. The summed E-state index contributed by atoms with van der Waals surface area (Å²) in [6, 6.07) is 14.8. The summed E-state index contributed by atoms with van der Waals surface area (Å²) in [6.07, 6.45) is 1.03. The van der Waals surface area contributed by atoms with Crippen LogP contribution in [0.4, 0.5) is 0 Å². The van der Waals surface area contributed by atoms with Gasteiger partial charge in [-0.2, -0.15) is 0 Å². The minimum Gasteiger partial charge on any atom is -0.493 e. The summed E-state index contributed by atoms with van der Waals surface area (Å²) in [7, 11) is 3.16. The Labute approximate surface area is 177 Å². The maximum atomic E-state index is 12.8. The molecular formula is C23H28N2O5. The van der Waals surface area contributed by atoms with Gasteiger partial charge in [-0.1, -0.05) is 24.3 Å². The number of para-hydroxylation sites is 1. The third kappa shape index (κ3) is 5.65. The Morgan fingerprint density at radius 1 is 0.833 bits per heavy atom. The van der Waals surface area contributed by atoms with Crippen molar-refractivity contribution in [2.45, 2.75) is 12.8 Å². The van der Waals surface area contributed by atoms with Crippen LogP contribution in [0.25, 0.3) is 0 Å². The lowest BCUT2D eigenvalue weighted by molar-refractivity contribution is -0.134. The van der Waals surface area contributed by atoms with E-state index < -0.39 is 0 Å². The van der Waals surface area contributed by atoms with Gasteiger partial charge in [0.05, 0.1) is 20.6 Å². The highest BCUT2D eigenvalue weighted by molar-refractivity contribution is 5.80. The maximum absolute atomic E-state index is 12.8. The summed E-state index contributed by atoms with van der Waals surface area (Å²) >= 11 is 0. The fraction of sp³-hybridized carbons (Fsp3) is 0.391. The van der Waals surface area contributed by atoms with E-state index >= 15 is 0 Å². The SMILES string of the molecule is COc1ccc(CC(=O)N2CCCN(C(=O)COc3ccccc3)CC2)cc1OC. The predicted molar refractivity (Wildman–Crippen MR) is 113 cm³/mol. The molecular weight excluding hydrogens is 384 g/mol. The molecule has 0 aromatic heterocycles. The van der Waals surface area contributed by atoms with Crippen LogP contribution >= 0.6 is 0 Å². The summed E-state index contributed by atoms with van der Waals surface area (Å²) in [6.45, 7) is 2.29. The van der Waals surface area contributed by atoms with Crippen LogP contribution in [-0.2, 0) is 16.0 Å². The fourth-order valence-corrected chi connectivity index (χ4v) is 3.45. The number of rotatable bonds is 7. The first-order chi connectivity index (χ1) is 14.6. The Hall–Kier alpha value is -3.22. The highest BCUT2D eigenvalue weighted by Gasteiger charge is 2.22. The van der Waals surface area contributed by atoms with Crippen LogP contribution in [0.5, 0.6) is 17.2 Å². The lowest BCUT2D eigenvalue weighted by Crippen LogP contribution is -2.39. The van der Waals surface area contributed by atoms with Crippen LogP contribution in [0.2, 0.25) is 0 Å². The smallest absolute Gasteiger partial charge is 0.260 e. The van der Waals surface area contributed by atoms with Crippen LogP contribution in [0, 0.1) is 0 Å². The van der Waals surface area contributed by atoms with E-state index in [4.69, 9.17) is 14.2 Å². The summed E-state index contributed by atoms with van der Waals surface area (Å²) in [5, 5.41) is 0. The molecule has 0 spiro atoms. The van der Waals surface area contributed by atoms with E-state index in [-0.39, 0.29) is 24.8 Å². The molecule has 2 aromatic carbocycles. The van der Waals surface area contributed by atoms with Crippen LogP contribution in [0.3, 0.4) is 0 Å². The second-order valence-electron chi connectivity index (χ2n) is 7.08. The zero-order valence-electron chi connectivity index (χ0n) is 17.5. The molecule has 1 aliphatic heterocycles. The number of carbonyl (C=O) groups is 2. The molecule has 0 aliphatic carbocycles. The van der Waals surface area contributed by atoms with E-state index in [0.717, 1.165) is 12.0 Å². The lowest BCUT2D eigenvalue weighted by atomic mass is 10.1. The van der Waals surface area contributed by atoms with Gasteiger partial charge >= 0.3 is 0 Å². The van der Waals surface area contributed by atoms with Crippen LogP contribution < -0.4 is 14.2 Å². The highest BCUT2D eigenvalue weighted by atomic mass is 16.5. The Balaban J connectivity index is 1.51. The normalized spacial score (nSPS) is 14.1. The minimum atomic E-state index is -0.0620. The number of ether oxygens (including phenoxy) is 3. The zero-order valence-corrected chi connectivity index (χ0v) is 17.5. The van der Waals surface area contributed by atoms with Gasteiger partial charge in [-0.3, -0.25) is 9.59 Å². The van der Waals surface area contributed by atoms with Crippen molar-refractivity contribution in [1.82, 2.24) is 9.80 Å². The first-order valence-electron chi connectivity index (χ1n) is 10.0. The van der Waals surface area contributed by atoms with Crippen molar-refractivity contribution < 1.29 is 23.8 Å². The molecule has 7 heteroatoms. The molecule has 30 heavy (non-hydrogen) atoms. The molecule has 0 N–H and O–H groups in total. The molecule has 2 amide bonds. The monoisotopic (exact) mass is 412 g/mol. The summed E-state index contributed by atoms with van der Waals surface area (Å²) in [5.41, 5.74) is 0.867. The highest BCUT2D eigenvalue weighted by Crippen LogP contribution is 2.27. The largest absolute Gasteiger partial charge is 0.493 e. The lowest BCUT2D eigenvalue weighted by Gasteiger charge is -2.22. The standard InChI is InChI=1S/C23H28N2O5/c1-28-20-10-9-18(15-21(20)29-2)16-22(26)24-11-6-12-25(14-13-24)23(27)17-30-19-7-4-3-5-8-19/h3-5,7-10,15H,6,11-14,16-17H2,1-2H3. The molecule has 3 rings (SSSR count). The Bertz CT molecular complexity index is 856. The predicted octanol–water partition coefficient (Wildman–Crippen LogP) is 2.39. The molecule has 1 saturated heterocycles. The van der Waals surface area contributed by atoms with Crippen LogP contribution in [0.1, 0.15) is 12.0 Å². The Morgan fingerprint density at radius 2 is 1.50 bits per heavy atom. The van der Waals surface area contributed by atoms with Crippen LogP contribution in [-0.4, -0.2) is 68.6 Å². The van der Waals surface area contributed by atoms with E-state index in [1.807, 2.05) is 47.4 Å². The molecule has 2 aromatic rings. The second kappa shape index (κ2) is 10.5. The van der Waals surface area contributed by atoms with Gasteiger partial charge < -0.3 is 24.0 Å². The summed E-state index contributed by atoms with van der Waals surface area (Å²) in [4.78, 5) is 28.9. The van der Waals surface area contributed by atoms with E-state index in [2.05, 4.69) is 0 Å². The Kier molecular flexibility index (Phi) is 7.54. The van der Waals surface area contributed by atoms with Gasteiger partial charge in [0.1, 0.15) is 5.75 Å². The maximum Gasteiger partial charge on any atom is 0.260 e. The number of amides is 2. The van der Waals surface area contributed by atoms with Crippen molar-refractivity contribution in [2.75, 3.05) is 47.0 Å². The second-order valence-corrected chi connectivity index (χ2v) is 7.08.